The number of ether oxygens (including phenoxy) is 1. The monoisotopic (exact) mass is 195 g/mol. The van der Waals surface area contributed by atoms with Crippen LogP contribution in [0.15, 0.2) is 30.3 Å². The van der Waals surface area contributed by atoms with Crippen molar-refractivity contribution in [2.75, 3.05) is 6.61 Å². The van der Waals surface area contributed by atoms with Crippen LogP contribution < -0.4 is 0 Å². The average Bonchev–Trinajstić information content (AvgIpc) is 2.70. The SMILES string of the molecule is OC(C1=COCC1)c1ccncc1F. The van der Waals surface area contributed by atoms with E-state index < -0.39 is 11.9 Å². The molecule has 1 N–H and O–H groups in total. The lowest BCUT2D eigenvalue weighted by atomic mass is 10.0. The number of pyridine rings is 1. The molecule has 74 valence electrons. The van der Waals surface area contributed by atoms with Crippen LogP contribution in [0.3, 0.4) is 0 Å². The maximum atomic E-state index is 13.2. The summed E-state index contributed by atoms with van der Waals surface area (Å²) in [7, 11) is 0. The molecule has 0 saturated heterocycles. The first kappa shape index (κ1) is 9.15. The summed E-state index contributed by atoms with van der Waals surface area (Å²) >= 11 is 0. The molecule has 1 aliphatic heterocycles. The van der Waals surface area contributed by atoms with E-state index in [1.807, 2.05) is 0 Å². The molecule has 0 aromatic carbocycles. The summed E-state index contributed by atoms with van der Waals surface area (Å²) in [5.41, 5.74) is 0.951. The van der Waals surface area contributed by atoms with E-state index >= 15 is 0 Å². The molecule has 1 aromatic heterocycles. The Morgan fingerprint density at radius 2 is 2.43 bits per heavy atom. The van der Waals surface area contributed by atoms with Crippen LogP contribution in [0.2, 0.25) is 0 Å². The van der Waals surface area contributed by atoms with E-state index in [1.165, 1.54) is 18.5 Å². The predicted octanol–water partition coefficient (Wildman–Crippen LogP) is 1.56. The smallest absolute Gasteiger partial charge is 0.147 e. The Labute approximate surface area is 80.9 Å². The molecule has 1 aliphatic rings. The van der Waals surface area contributed by atoms with Gasteiger partial charge in [0.2, 0.25) is 0 Å². The van der Waals surface area contributed by atoms with Crippen LogP contribution in [0.25, 0.3) is 0 Å². The summed E-state index contributed by atoms with van der Waals surface area (Å²) in [5, 5.41) is 9.79. The third-order valence-electron chi connectivity index (χ3n) is 2.19. The van der Waals surface area contributed by atoms with E-state index in [1.54, 1.807) is 0 Å². The van der Waals surface area contributed by atoms with Gasteiger partial charge in [0.25, 0.3) is 0 Å². The number of halogens is 1. The number of nitrogens with zero attached hydrogens (tertiary/aromatic N) is 1. The molecule has 2 rings (SSSR count). The normalized spacial score (nSPS) is 17.4. The molecular formula is C10H10FNO2. The first-order valence-corrected chi connectivity index (χ1v) is 4.37. The van der Waals surface area contributed by atoms with Gasteiger partial charge in [-0.05, 0) is 6.07 Å². The molecule has 14 heavy (non-hydrogen) atoms. The molecular weight excluding hydrogens is 185 g/mol. The molecule has 1 unspecified atom stereocenters. The number of hydrogen-bond donors (Lipinski definition) is 1. The van der Waals surface area contributed by atoms with E-state index in [9.17, 15) is 9.50 Å². The van der Waals surface area contributed by atoms with Gasteiger partial charge >= 0.3 is 0 Å². The van der Waals surface area contributed by atoms with Gasteiger partial charge in [0, 0.05) is 23.8 Å². The van der Waals surface area contributed by atoms with Crippen molar-refractivity contribution in [1.82, 2.24) is 4.98 Å². The summed E-state index contributed by atoms with van der Waals surface area (Å²) in [4.78, 5) is 3.62. The van der Waals surface area contributed by atoms with Crippen molar-refractivity contribution in [1.29, 1.82) is 0 Å². The van der Waals surface area contributed by atoms with Gasteiger partial charge in [0.1, 0.15) is 11.9 Å². The van der Waals surface area contributed by atoms with Crippen LogP contribution in [0, 0.1) is 5.82 Å². The van der Waals surface area contributed by atoms with E-state index in [0.29, 0.717) is 18.6 Å². The quantitative estimate of drug-likeness (QED) is 0.778. The zero-order valence-electron chi connectivity index (χ0n) is 7.48. The Morgan fingerprint density at radius 3 is 3.07 bits per heavy atom. The molecule has 0 saturated carbocycles. The fourth-order valence-electron chi connectivity index (χ4n) is 1.41. The number of aliphatic hydroxyl groups is 1. The molecule has 1 atom stereocenters. The minimum Gasteiger partial charge on any atom is -0.501 e. The first-order valence-electron chi connectivity index (χ1n) is 4.37. The Morgan fingerprint density at radius 1 is 1.57 bits per heavy atom. The second kappa shape index (κ2) is 3.75. The second-order valence-electron chi connectivity index (χ2n) is 3.11. The fraction of sp³-hybridized carbons (Fsp3) is 0.300. The van der Waals surface area contributed by atoms with Crippen LogP contribution in [-0.4, -0.2) is 16.7 Å². The Hall–Kier alpha value is -1.42. The minimum atomic E-state index is -0.916. The lowest BCUT2D eigenvalue weighted by Gasteiger charge is -2.10. The lowest BCUT2D eigenvalue weighted by molar-refractivity contribution is 0.207. The van der Waals surface area contributed by atoms with Crippen molar-refractivity contribution >= 4 is 0 Å². The molecule has 0 amide bonds. The summed E-state index contributed by atoms with van der Waals surface area (Å²) in [6.45, 7) is 0.555. The topological polar surface area (TPSA) is 42.4 Å². The van der Waals surface area contributed by atoms with Crippen LogP contribution in [-0.2, 0) is 4.74 Å². The molecule has 3 nitrogen and oxygen atoms in total. The third-order valence-corrected chi connectivity index (χ3v) is 2.19. The number of aromatic nitrogens is 1. The van der Waals surface area contributed by atoms with Gasteiger partial charge in [-0.3, -0.25) is 4.98 Å². The molecule has 0 aliphatic carbocycles. The highest BCUT2D eigenvalue weighted by atomic mass is 19.1. The summed E-state index contributed by atoms with van der Waals surface area (Å²) in [6, 6.07) is 1.47. The fourth-order valence-corrected chi connectivity index (χ4v) is 1.41. The minimum absolute atomic E-state index is 0.247. The van der Waals surface area contributed by atoms with Crippen molar-refractivity contribution in [3.05, 3.63) is 41.7 Å². The van der Waals surface area contributed by atoms with E-state index in [-0.39, 0.29) is 5.56 Å². The van der Waals surface area contributed by atoms with E-state index in [2.05, 4.69) is 4.98 Å². The predicted molar refractivity (Wildman–Crippen MR) is 47.8 cm³/mol. The van der Waals surface area contributed by atoms with E-state index in [4.69, 9.17) is 4.74 Å². The molecule has 0 radical (unpaired) electrons. The maximum Gasteiger partial charge on any atom is 0.147 e. The highest BCUT2D eigenvalue weighted by Crippen LogP contribution is 2.28. The highest BCUT2D eigenvalue weighted by molar-refractivity contribution is 5.25. The van der Waals surface area contributed by atoms with Gasteiger partial charge in [-0.2, -0.15) is 0 Å². The maximum absolute atomic E-state index is 13.2. The average molecular weight is 195 g/mol. The summed E-state index contributed by atoms with van der Waals surface area (Å²) in [6.07, 6.45) is 3.76. The second-order valence-corrected chi connectivity index (χ2v) is 3.11. The number of aliphatic hydroxyl groups excluding tert-OH is 1. The van der Waals surface area contributed by atoms with Gasteiger partial charge in [-0.25, -0.2) is 4.39 Å². The highest BCUT2D eigenvalue weighted by Gasteiger charge is 2.20. The molecule has 1 aromatic rings. The van der Waals surface area contributed by atoms with Crippen molar-refractivity contribution < 1.29 is 14.2 Å². The number of rotatable bonds is 2. The third kappa shape index (κ3) is 1.61. The van der Waals surface area contributed by atoms with Crippen LogP contribution in [0.5, 0.6) is 0 Å². The van der Waals surface area contributed by atoms with Crippen LogP contribution >= 0.6 is 0 Å². The Kier molecular flexibility index (Phi) is 2.45. The zero-order chi connectivity index (χ0) is 9.97. The van der Waals surface area contributed by atoms with Gasteiger partial charge in [0.15, 0.2) is 0 Å². The molecule has 0 bridgehead atoms. The largest absolute Gasteiger partial charge is 0.501 e. The van der Waals surface area contributed by atoms with Gasteiger partial charge in [-0.1, -0.05) is 0 Å². The van der Waals surface area contributed by atoms with Gasteiger partial charge in [-0.15, -0.1) is 0 Å². The van der Waals surface area contributed by atoms with Crippen molar-refractivity contribution in [2.45, 2.75) is 12.5 Å². The van der Waals surface area contributed by atoms with Crippen LogP contribution in [0.1, 0.15) is 18.1 Å². The molecule has 0 fully saturated rings. The van der Waals surface area contributed by atoms with Crippen LogP contribution in [0.4, 0.5) is 4.39 Å². The van der Waals surface area contributed by atoms with Crippen molar-refractivity contribution in [2.24, 2.45) is 0 Å². The summed E-state index contributed by atoms with van der Waals surface area (Å²) < 4.78 is 18.2. The Balaban J connectivity index is 2.26. The van der Waals surface area contributed by atoms with Gasteiger partial charge in [0.05, 0.1) is 19.1 Å². The molecule has 0 spiro atoms. The lowest BCUT2D eigenvalue weighted by Crippen LogP contribution is -2.03. The zero-order valence-corrected chi connectivity index (χ0v) is 7.48. The van der Waals surface area contributed by atoms with E-state index in [0.717, 1.165) is 6.20 Å². The van der Waals surface area contributed by atoms with Crippen molar-refractivity contribution in [3.8, 4) is 0 Å². The van der Waals surface area contributed by atoms with Gasteiger partial charge < -0.3 is 9.84 Å². The first-order chi connectivity index (χ1) is 6.79. The molecule has 4 heteroatoms. The Bertz CT molecular complexity index is 365. The molecule has 2 heterocycles. The number of hydrogen-bond acceptors (Lipinski definition) is 3. The standard InChI is InChI=1S/C10H10FNO2/c11-9-5-12-3-1-8(9)10(13)7-2-4-14-6-7/h1,3,5-6,10,13H,2,4H2. The van der Waals surface area contributed by atoms with Crippen molar-refractivity contribution in [3.63, 3.8) is 0 Å². The summed E-state index contributed by atoms with van der Waals surface area (Å²) in [5.74, 6) is -0.493.